The fourth-order valence-electron chi connectivity index (χ4n) is 2.70. The Labute approximate surface area is 156 Å². The minimum Gasteiger partial charge on any atom is -0.461 e. The summed E-state index contributed by atoms with van der Waals surface area (Å²) < 4.78 is 39.5. The summed E-state index contributed by atoms with van der Waals surface area (Å²) in [6.45, 7) is 6.44. The molecule has 1 unspecified atom stereocenters. The Kier molecular flexibility index (Phi) is 5.82. The van der Waals surface area contributed by atoms with E-state index in [1.54, 1.807) is 20.8 Å². The zero-order chi connectivity index (χ0) is 20.3. The molecule has 7 nitrogen and oxygen atoms in total. The van der Waals surface area contributed by atoms with E-state index in [1.807, 2.05) is 0 Å². The summed E-state index contributed by atoms with van der Waals surface area (Å²) in [6.07, 6.45) is -0.881. The van der Waals surface area contributed by atoms with E-state index in [4.69, 9.17) is 4.74 Å². The second-order valence-corrected chi connectivity index (χ2v) is 7.08. The Hall–Kier alpha value is -2.58. The lowest BCUT2D eigenvalue weighted by Gasteiger charge is -2.32. The highest BCUT2D eigenvalue weighted by Crippen LogP contribution is 2.48. The molecule has 1 aromatic rings. The molecule has 0 saturated carbocycles. The van der Waals surface area contributed by atoms with Gasteiger partial charge in [0, 0.05) is 12.1 Å². The van der Waals surface area contributed by atoms with Gasteiger partial charge < -0.3 is 9.47 Å². The molecule has 1 N–H and O–H groups in total. The normalized spacial score (nSPS) is 19.6. The summed E-state index contributed by atoms with van der Waals surface area (Å²) in [4.78, 5) is 23.8. The van der Waals surface area contributed by atoms with Gasteiger partial charge in [-0.3, -0.25) is 5.32 Å². The molecule has 27 heavy (non-hydrogen) atoms. The summed E-state index contributed by atoms with van der Waals surface area (Å²) >= 11 is 0. The lowest BCUT2D eigenvalue weighted by Crippen LogP contribution is -2.49. The number of ether oxygens (including phenoxy) is 2. The van der Waals surface area contributed by atoms with Crippen molar-refractivity contribution in [3.8, 4) is 0 Å². The zero-order valence-corrected chi connectivity index (χ0v) is 15.7. The molecule has 0 saturated heterocycles. The third-order valence-corrected chi connectivity index (χ3v) is 3.85. The average molecular weight is 383 g/mol. The second-order valence-electron chi connectivity index (χ2n) is 7.08. The van der Waals surface area contributed by atoms with Crippen molar-refractivity contribution in [1.29, 1.82) is 0 Å². The Morgan fingerprint density at radius 3 is 2.56 bits per heavy atom. The standard InChI is InChI=1S/C18H23F2N3O4/c1-5-26-14(24)18(19,20)17(9-10-21-23-17)12-7-6-8-13(11-12)22-15(25)27-16(2,3)4/h6-8,11H,5,9-10H2,1-4H3,(H,22,25). The molecule has 1 aliphatic heterocycles. The largest absolute Gasteiger partial charge is 0.461 e. The molecule has 1 heterocycles. The molecule has 148 valence electrons. The van der Waals surface area contributed by atoms with Crippen molar-refractivity contribution in [1.82, 2.24) is 0 Å². The molecule has 0 fully saturated rings. The van der Waals surface area contributed by atoms with Gasteiger partial charge in [0.2, 0.25) is 0 Å². The number of carbonyl (C=O) groups is 2. The summed E-state index contributed by atoms with van der Waals surface area (Å²) in [7, 11) is 0. The number of amides is 1. The molecule has 0 aromatic heterocycles. The summed E-state index contributed by atoms with van der Waals surface area (Å²) in [6, 6.07) is 5.76. The first kappa shape index (κ1) is 20.7. The Balaban J connectivity index is 2.35. The highest BCUT2D eigenvalue weighted by molar-refractivity contribution is 5.85. The van der Waals surface area contributed by atoms with Gasteiger partial charge in [0.05, 0.1) is 13.2 Å². The molecule has 9 heteroatoms. The van der Waals surface area contributed by atoms with E-state index in [1.165, 1.54) is 31.2 Å². The Bertz CT molecular complexity index is 746. The monoisotopic (exact) mass is 383 g/mol. The van der Waals surface area contributed by atoms with Crippen LogP contribution in [0, 0.1) is 0 Å². The number of carbonyl (C=O) groups excluding carboxylic acids is 2. The summed E-state index contributed by atoms with van der Waals surface area (Å²) in [5.74, 6) is -5.57. The smallest absolute Gasteiger partial charge is 0.412 e. The summed E-state index contributed by atoms with van der Waals surface area (Å²) in [5, 5.41) is 9.90. The van der Waals surface area contributed by atoms with Gasteiger partial charge in [0.15, 0.2) is 5.54 Å². The van der Waals surface area contributed by atoms with Crippen molar-refractivity contribution in [2.75, 3.05) is 18.5 Å². The Morgan fingerprint density at radius 1 is 1.30 bits per heavy atom. The van der Waals surface area contributed by atoms with E-state index >= 15 is 0 Å². The van der Waals surface area contributed by atoms with Crippen molar-refractivity contribution < 1.29 is 27.8 Å². The highest BCUT2D eigenvalue weighted by Gasteiger charge is 2.63. The van der Waals surface area contributed by atoms with Crippen LogP contribution in [0.1, 0.15) is 39.7 Å². The number of halogens is 2. The molecular weight excluding hydrogens is 360 g/mol. The average Bonchev–Trinajstić information content (AvgIpc) is 3.05. The van der Waals surface area contributed by atoms with Gasteiger partial charge in [-0.2, -0.15) is 19.0 Å². The van der Waals surface area contributed by atoms with Gasteiger partial charge in [0.25, 0.3) is 0 Å². The molecule has 1 amide bonds. The van der Waals surface area contributed by atoms with Crippen molar-refractivity contribution in [2.45, 2.75) is 51.2 Å². The van der Waals surface area contributed by atoms with E-state index in [-0.39, 0.29) is 30.8 Å². The molecule has 1 aliphatic rings. The number of benzene rings is 1. The minimum absolute atomic E-state index is 0.0513. The molecular formula is C18H23F2N3O4. The molecule has 1 atom stereocenters. The van der Waals surface area contributed by atoms with E-state index in [0.717, 1.165) is 0 Å². The first-order chi connectivity index (χ1) is 12.5. The fraction of sp³-hybridized carbons (Fsp3) is 0.556. The number of azo groups is 1. The molecule has 0 radical (unpaired) electrons. The minimum atomic E-state index is -3.91. The third-order valence-electron chi connectivity index (χ3n) is 3.85. The third kappa shape index (κ3) is 4.40. The number of esters is 1. The molecule has 0 aliphatic carbocycles. The predicted octanol–water partition coefficient (Wildman–Crippen LogP) is 4.28. The maximum Gasteiger partial charge on any atom is 0.412 e. The molecule has 0 spiro atoms. The maximum absolute atomic E-state index is 14.9. The van der Waals surface area contributed by atoms with Crippen LogP contribution in [-0.2, 0) is 19.8 Å². The van der Waals surface area contributed by atoms with Crippen molar-refractivity contribution in [3.63, 3.8) is 0 Å². The van der Waals surface area contributed by atoms with Crippen molar-refractivity contribution in [2.24, 2.45) is 10.2 Å². The fourth-order valence-corrected chi connectivity index (χ4v) is 2.70. The molecule has 2 rings (SSSR count). The first-order valence-electron chi connectivity index (χ1n) is 8.56. The van der Waals surface area contributed by atoms with Crippen molar-refractivity contribution in [3.05, 3.63) is 29.8 Å². The van der Waals surface area contributed by atoms with Crippen LogP contribution in [-0.4, -0.2) is 36.7 Å². The number of nitrogens with zero attached hydrogens (tertiary/aromatic N) is 2. The number of alkyl halides is 2. The number of rotatable bonds is 5. The molecule has 0 bridgehead atoms. The van der Waals surface area contributed by atoms with Gasteiger partial charge in [-0.15, -0.1) is 0 Å². The Morgan fingerprint density at radius 2 is 2.00 bits per heavy atom. The van der Waals surface area contributed by atoms with Crippen LogP contribution in [0.5, 0.6) is 0 Å². The highest BCUT2D eigenvalue weighted by atomic mass is 19.3. The van der Waals surface area contributed by atoms with E-state index < -0.39 is 29.1 Å². The lowest BCUT2D eigenvalue weighted by molar-refractivity contribution is -0.183. The summed E-state index contributed by atoms with van der Waals surface area (Å²) in [5.41, 5.74) is -2.59. The van der Waals surface area contributed by atoms with Gasteiger partial charge in [-0.05, 0) is 45.4 Å². The molecule has 1 aromatic carbocycles. The van der Waals surface area contributed by atoms with Crippen LogP contribution < -0.4 is 5.32 Å². The first-order valence-corrected chi connectivity index (χ1v) is 8.56. The number of hydrogen-bond donors (Lipinski definition) is 1. The van der Waals surface area contributed by atoms with Crippen LogP contribution in [0.3, 0.4) is 0 Å². The second kappa shape index (κ2) is 7.58. The predicted molar refractivity (Wildman–Crippen MR) is 93.9 cm³/mol. The van der Waals surface area contributed by atoms with Crippen molar-refractivity contribution >= 4 is 17.7 Å². The van der Waals surface area contributed by atoms with Gasteiger partial charge >= 0.3 is 18.0 Å². The van der Waals surface area contributed by atoms with Gasteiger partial charge in [-0.25, -0.2) is 9.59 Å². The maximum atomic E-state index is 14.9. The number of nitrogens with one attached hydrogen (secondary N) is 1. The number of hydrogen-bond acceptors (Lipinski definition) is 6. The van der Waals surface area contributed by atoms with Crippen LogP contribution in [0.15, 0.2) is 34.5 Å². The van der Waals surface area contributed by atoms with E-state index in [0.29, 0.717) is 0 Å². The van der Waals surface area contributed by atoms with E-state index in [9.17, 15) is 18.4 Å². The zero-order valence-electron chi connectivity index (χ0n) is 15.7. The lowest BCUT2D eigenvalue weighted by atomic mass is 9.81. The number of anilines is 1. The van der Waals surface area contributed by atoms with Crippen LogP contribution in [0.2, 0.25) is 0 Å². The quantitative estimate of drug-likeness (QED) is 0.769. The SMILES string of the molecule is CCOC(=O)C(F)(F)C1(c2cccc(NC(=O)OC(C)(C)C)c2)CCN=N1. The topological polar surface area (TPSA) is 89.3 Å². The van der Waals surface area contributed by atoms with E-state index in [2.05, 4.69) is 20.3 Å². The van der Waals surface area contributed by atoms with Crippen LogP contribution in [0.25, 0.3) is 0 Å². The van der Waals surface area contributed by atoms with Gasteiger partial charge in [-0.1, -0.05) is 12.1 Å². The van der Waals surface area contributed by atoms with Crippen LogP contribution >= 0.6 is 0 Å². The van der Waals surface area contributed by atoms with Gasteiger partial charge in [0.1, 0.15) is 5.60 Å². The van der Waals surface area contributed by atoms with Crippen LogP contribution in [0.4, 0.5) is 19.3 Å².